The van der Waals surface area contributed by atoms with Gasteiger partial charge in [0, 0.05) is 19.6 Å². The van der Waals surface area contributed by atoms with Gasteiger partial charge in [-0.3, -0.25) is 14.9 Å². The summed E-state index contributed by atoms with van der Waals surface area (Å²) in [4.78, 5) is 35.3. The molecule has 0 aliphatic heterocycles. The Labute approximate surface area is 207 Å². The number of carbonyl (C=O) groups is 2. The van der Waals surface area contributed by atoms with Crippen LogP contribution in [0.25, 0.3) is 10.8 Å². The fourth-order valence-corrected chi connectivity index (χ4v) is 4.98. The number of ether oxygens (including phenoxy) is 2. The lowest BCUT2D eigenvalue weighted by atomic mass is 10.0. The number of nitro benzene ring substituents is 1. The number of carbonyl (C=O) groups excluding carboxylic acids is 2. The van der Waals surface area contributed by atoms with Crippen LogP contribution in [-0.4, -0.2) is 58.1 Å². The van der Waals surface area contributed by atoms with Gasteiger partial charge >= 0.3 is 5.97 Å². The molecule has 0 saturated heterocycles. The van der Waals surface area contributed by atoms with E-state index in [1.54, 1.807) is 0 Å². The molecule has 0 spiro atoms. The van der Waals surface area contributed by atoms with Gasteiger partial charge in [-0.05, 0) is 22.4 Å². The number of methoxy groups -OCH3 is 2. The fourth-order valence-electron chi connectivity index (χ4n) is 3.63. The summed E-state index contributed by atoms with van der Waals surface area (Å²) in [5.41, 5.74) is 0.0958. The maximum atomic E-state index is 13.0. The van der Waals surface area contributed by atoms with E-state index >= 15 is 0 Å². The highest BCUT2D eigenvalue weighted by Gasteiger charge is 2.33. The number of hydrogen-bond donors (Lipinski definition) is 2. The summed E-state index contributed by atoms with van der Waals surface area (Å²) >= 11 is 0. The number of esters is 1. The summed E-state index contributed by atoms with van der Waals surface area (Å²) in [5.74, 6) is -1.59. The first-order chi connectivity index (χ1) is 17.2. The number of fused-ring (bicyclic) bond motifs is 1. The van der Waals surface area contributed by atoms with Crippen LogP contribution in [0, 0.1) is 10.1 Å². The Morgan fingerprint density at radius 2 is 1.64 bits per heavy atom. The molecule has 2 N–H and O–H groups in total. The van der Waals surface area contributed by atoms with Crippen molar-refractivity contribution in [1.82, 2.24) is 10.0 Å². The molecule has 36 heavy (non-hydrogen) atoms. The van der Waals surface area contributed by atoms with Crippen molar-refractivity contribution in [3.63, 3.8) is 0 Å². The number of para-hydroxylation sites is 1. The number of nitro groups is 1. The maximum absolute atomic E-state index is 13.0. The molecule has 190 valence electrons. The first kappa shape index (κ1) is 26.7. The van der Waals surface area contributed by atoms with Gasteiger partial charge < -0.3 is 14.8 Å². The molecule has 0 bridgehead atoms. The first-order valence-electron chi connectivity index (χ1n) is 10.8. The van der Waals surface area contributed by atoms with Gasteiger partial charge in [0.1, 0.15) is 12.1 Å². The van der Waals surface area contributed by atoms with E-state index in [1.807, 2.05) is 42.5 Å². The predicted molar refractivity (Wildman–Crippen MR) is 131 cm³/mol. The molecule has 0 radical (unpaired) electrons. The van der Waals surface area contributed by atoms with Crippen LogP contribution >= 0.6 is 0 Å². The summed E-state index contributed by atoms with van der Waals surface area (Å²) in [5, 5.41) is 15.7. The standard InChI is InChI=1S/C24H25N3O8S/c1-34-15-20(26-36(32,33)22-10-6-5-9-21(22)27(30)31)23(28)25-19(24(29)35-2)14-16-11-12-17-7-3-4-8-18(17)13-16/h3-13,19-20,26H,14-15H2,1-2H3,(H,25,28)/t19-,20-/m0/s1. The van der Waals surface area contributed by atoms with E-state index in [1.165, 1.54) is 26.4 Å². The minimum Gasteiger partial charge on any atom is -0.467 e. The molecule has 11 nitrogen and oxygen atoms in total. The lowest BCUT2D eigenvalue weighted by molar-refractivity contribution is -0.387. The number of nitrogens with zero attached hydrogens (tertiary/aromatic N) is 1. The third-order valence-corrected chi connectivity index (χ3v) is 6.87. The Hall–Kier alpha value is -3.87. The average Bonchev–Trinajstić information content (AvgIpc) is 2.87. The van der Waals surface area contributed by atoms with Crippen LogP contribution in [0.4, 0.5) is 5.69 Å². The molecule has 0 fully saturated rings. The smallest absolute Gasteiger partial charge is 0.328 e. The predicted octanol–water partition coefficient (Wildman–Crippen LogP) is 1.94. The van der Waals surface area contributed by atoms with Gasteiger partial charge in [0.05, 0.1) is 18.6 Å². The molecule has 3 aromatic rings. The van der Waals surface area contributed by atoms with Crippen molar-refractivity contribution in [2.45, 2.75) is 23.4 Å². The lowest BCUT2D eigenvalue weighted by Crippen LogP contribution is -2.54. The third-order valence-electron chi connectivity index (χ3n) is 5.35. The van der Waals surface area contributed by atoms with Gasteiger partial charge in [-0.15, -0.1) is 0 Å². The average molecular weight is 516 g/mol. The highest BCUT2D eigenvalue weighted by atomic mass is 32.2. The largest absolute Gasteiger partial charge is 0.467 e. The Bertz CT molecular complexity index is 1380. The number of hydrogen-bond acceptors (Lipinski definition) is 8. The van der Waals surface area contributed by atoms with Crippen molar-refractivity contribution in [3.05, 3.63) is 82.4 Å². The van der Waals surface area contributed by atoms with Crippen molar-refractivity contribution < 1.29 is 32.4 Å². The molecular weight excluding hydrogens is 490 g/mol. The minimum atomic E-state index is -4.50. The summed E-state index contributed by atoms with van der Waals surface area (Å²) in [7, 11) is -2.07. The van der Waals surface area contributed by atoms with Crippen LogP contribution in [0.5, 0.6) is 0 Å². The zero-order valence-electron chi connectivity index (χ0n) is 19.5. The summed E-state index contributed by atoms with van der Waals surface area (Å²) < 4.78 is 37.7. The van der Waals surface area contributed by atoms with Crippen LogP contribution in [0.3, 0.4) is 0 Å². The van der Waals surface area contributed by atoms with Crippen molar-refractivity contribution in [2.24, 2.45) is 0 Å². The van der Waals surface area contributed by atoms with E-state index in [9.17, 15) is 28.1 Å². The number of rotatable bonds is 11. The molecule has 12 heteroatoms. The van der Waals surface area contributed by atoms with E-state index in [0.717, 1.165) is 28.5 Å². The summed E-state index contributed by atoms with van der Waals surface area (Å²) in [6.45, 7) is -0.393. The van der Waals surface area contributed by atoms with Gasteiger partial charge in [0.25, 0.3) is 5.69 Å². The van der Waals surface area contributed by atoms with E-state index in [-0.39, 0.29) is 6.42 Å². The number of amides is 1. The lowest BCUT2D eigenvalue weighted by Gasteiger charge is -2.22. The molecule has 0 heterocycles. The molecule has 0 unspecified atom stereocenters. The van der Waals surface area contributed by atoms with Gasteiger partial charge in [-0.1, -0.05) is 54.6 Å². The highest BCUT2D eigenvalue weighted by molar-refractivity contribution is 7.89. The molecule has 0 aliphatic rings. The Morgan fingerprint density at radius 1 is 0.972 bits per heavy atom. The Kier molecular flexibility index (Phi) is 8.69. The van der Waals surface area contributed by atoms with Gasteiger partial charge in [-0.2, -0.15) is 4.72 Å². The quantitative estimate of drug-likeness (QED) is 0.223. The number of nitrogens with one attached hydrogen (secondary N) is 2. The van der Waals surface area contributed by atoms with Crippen LogP contribution < -0.4 is 10.0 Å². The summed E-state index contributed by atoms with van der Waals surface area (Å²) in [6.07, 6.45) is 0.0832. The second-order valence-corrected chi connectivity index (χ2v) is 9.51. The van der Waals surface area contributed by atoms with Gasteiger partial charge in [0.15, 0.2) is 4.90 Å². The van der Waals surface area contributed by atoms with E-state index < -0.39 is 56.1 Å². The van der Waals surface area contributed by atoms with Crippen LogP contribution in [-0.2, 0) is 35.5 Å². The fraction of sp³-hybridized carbons (Fsp3) is 0.250. The van der Waals surface area contributed by atoms with Gasteiger partial charge in [0.2, 0.25) is 15.9 Å². The number of sulfonamides is 1. The molecule has 0 aromatic heterocycles. The van der Waals surface area contributed by atoms with Crippen molar-refractivity contribution in [1.29, 1.82) is 0 Å². The maximum Gasteiger partial charge on any atom is 0.328 e. The SMILES string of the molecule is COC[C@H](NS(=O)(=O)c1ccccc1[N+](=O)[O-])C(=O)N[C@@H](Cc1ccc2ccccc2c1)C(=O)OC. The topological polar surface area (TPSA) is 154 Å². The van der Waals surface area contributed by atoms with Crippen LogP contribution in [0.1, 0.15) is 5.56 Å². The van der Waals surface area contributed by atoms with Crippen LogP contribution in [0.2, 0.25) is 0 Å². The molecule has 1 amide bonds. The Morgan fingerprint density at radius 3 is 2.31 bits per heavy atom. The van der Waals surface area contributed by atoms with E-state index in [0.29, 0.717) is 0 Å². The second kappa shape index (κ2) is 11.7. The van der Waals surface area contributed by atoms with E-state index in [4.69, 9.17) is 9.47 Å². The zero-order valence-corrected chi connectivity index (χ0v) is 20.4. The molecule has 0 aliphatic carbocycles. The van der Waals surface area contributed by atoms with E-state index in [2.05, 4.69) is 10.0 Å². The molecule has 0 saturated carbocycles. The van der Waals surface area contributed by atoms with Crippen molar-refractivity contribution >= 4 is 38.4 Å². The monoisotopic (exact) mass is 515 g/mol. The normalized spacial score (nSPS) is 13.1. The Balaban J connectivity index is 1.83. The second-order valence-electron chi connectivity index (χ2n) is 7.82. The van der Waals surface area contributed by atoms with Crippen molar-refractivity contribution in [2.75, 3.05) is 20.8 Å². The van der Waals surface area contributed by atoms with Crippen molar-refractivity contribution in [3.8, 4) is 0 Å². The molecule has 3 rings (SSSR count). The molecular formula is C24H25N3O8S. The highest BCUT2D eigenvalue weighted by Crippen LogP contribution is 2.23. The summed E-state index contributed by atoms with van der Waals surface area (Å²) in [6, 6.07) is 15.3. The number of benzene rings is 3. The first-order valence-corrected chi connectivity index (χ1v) is 12.2. The van der Waals surface area contributed by atoms with Gasteiger partial charge in [-0.25, -0.2) is 13.2 Å². The molecule has 2 atom stereocenters. The zero-order chi connectivity index (χ0) is 26.3. The minimum absolute atomic E-state index is 0.0832. The third kappa shape index (κ3) is 6.42. The van der Waals surface area contributed by atoms with Crippen LogP contribution in [0.15, 0.2) is 71.6 Å². The molecule has 3 aromatic carbocycles.